The normalized spacial score (nSPS) is 5.40. The third-order valence-corrected chi connectivity index (χ3v) is 0. The fourth-order valence-corrected chi connectivity index (χ4v) is 0. The van der Waals surface area contributed by atoms with Crippen LogP contribution in [0.5, 0.6) is 0 Å². The first-order valence-electron chi connectivity index (χ1n) is 0.707. The number of rotatable bonds is 0. The second kappa shape index (κ2) is 4.94. The summed E-state index contributed by atoms with van der Waals surface area (Å²) in [4.78, 5) is 0. The van der Waals surface area contributed by atoms with E-state index in [1.807, 2.05) is 0 Å². The second-order valence-electron chi connectivity index (χ2n) is 0.289. The van der Waals surface area contributed by atoms with Crippen LogP contribution in [0.1, 0.15) is 2.85 Å². The summed E-state index contributed by atoms with van der Waals surface area (Å²) >= 11 is 0. The Morgan fingerprint density at radius 1 is 1.20 bits per heavy atom. The molecule has 3 nitrogen and oxygen atoms in total. The number of hydrogen-bond acceptors (Lipinski definition) is 3. The van der Waals surface area contributed by atoms with Crippen molar-refractivity contribution in [2.24, 2.45) is 0 Å². The molecule has 0 saturated carbocycles. The van der Waals surface area contributed by atoms with Gasteiger partial charge in [-0.3, -0.25) is 7.32 Å². The predicted molar refractivity (Wildman–Crippen MR) is 7.98 cm³/mol. The zero-order chi connectivity index (χ0) is 3.58. The summed E-state index contributed by atoms with van der Waals surface area (Å²) in [6.07, 6.45) is 0. The summed E-state index contributed by atoms with van der Waals surface area (Å²) in [5, 5.41) is 25.2. The largest absolute Gasteiger partial charge is 1.00 e. The Morgan fingerprint density at radius 3 is 1.20 bits per heavy atom. The average Bonchev–Trinajstić information content (AvgIpc) is 0.811. The van der Waals surface area contributed by atoms with Gasteiger partial charge in [0.1, 0.15) is 0 Å². The molecule has 0 bridgehead atoms. The predicted octanol–water partition coefficient (Wildman–Crippen LogP) is -6.72. The van der Waals surface area contributed by atoms with Crippen molar-refractivity contribution in [1.29, 1.82) is 0 Å². The van der Waals surface area contributed by atoms with E-state index in [2.05, 4.69) is 0 Å². The summed E-state index contributed by atoms with van der Waals surface area (Å²) in [5.41, 5.74) is 0. The molecule has 0 aliphatic heterocycles. The van der Waals surface area contributed by atoms with Gasteiger partial charge in [-0.15, -0.1) is 0 Å². The molecule has 0 heterocycles. The summed E-state index contributed by atoms with van der Waals surface area (Å²) in [6, 6.07) is 0. The molecule has 0 saturated heterocycles. The van der Waals surface area contributed by atoms with Crippen molar-refractivity contribution in [2.45, 2.75) is 0 Å². The maximum absolute atomic E-state index is 8.42. The van der Waals surface area contributed by atoms with Crippen LogP contribution >= 0.6 is 0 Å². The van der Waals surface area contributed by atoms with Crippen LogP contribution in [0.2, 0.25) is 0 Å². The summed E-state index contributed by atoms with van der Waals surface area (Å²) < 4.78 is 0. The van der Waals surface area contributed by atoms with E-state index in [1.165, 1.54) is 0 Å². The van der Waals surface area contributed by atoms with Gasteiger partial charge < -0.3 is 15.1 Å². The van der Waals surface area contributed by atoms with Crippen LogP contribution in [0.4, 0.5) is 0 Å². The maximum atomic E-state index is 8.42. The van der Waals surface area contributed by atoms with Gasteiger partial charge in [-0.1, -0.05) is 0 Å². The minimum absolute atomic E-state index is 0. The first-order valence-corrected chi connectivity index (χ1v) is 0.707. The molecular weight excluding hydrogens is 81.8 g/mol. The van der Waals surface area contributed by atoms with Gasteiger partial charge in [-0.25, -0.2) is 0 Å². The van der Waals surface area contributed by atoms with Crippen LogP contribution in [-0.2, 0) is 0 Å². The van der Waals surface area contributed by atoms with Crippen LogP contribution in [0, 0.1) is 0 Å². The van der Waals surface area contributed by atoms with Crippen molar-refractivity contribution in [3.05, 3.63) is 0 Å². The Hall–Kier alpha value is 0.945. The molecular formula is H2BNaO3. The smallest absolute Gasteiger partial charge is 0.907 e. The third-order valence-electron chi connectivity index (χ3n) is 0. The van der Waals surface area contributed by atoms with Crippen molar-refractivity contribution in [3.63, 3.8) is 0 Å². The van der Waals surface area contributed by atoms with Crippen molar-refractivity contribution in [3.8, 4) is 0 Å². The van der Waals surface area contributed by atoms with Gasteiger partial charge in [0.15, 0.2) is 0 Å². The molecule has 0 radical (unpaired) electrons. The van der Waals surface area contributed by atoms with E-state index in [9.17, 15) is 0 Å². The molecule has 0 spiro atoms. The average molecular weight is 83.8 g/mol. The third kappa shape index (κ3) is 48.0. The Balaban J connectivity index is -0.0000000150. The Bertz CT molecular complexity index is 17.7. The fourth-order valence-electron chi connectivity index (χ4n) is 0. The van der Waals surface area contributed by atoms with Gasteiger partial charge in [-0.2, -0.15) is 0 Å². The molecule has 0 aliphatic rings. The van der Waals surface area contributed by atoms with Gasteiger partial charge in [0.25, 0.3) is 0 Å². The summed E-state index contributed by atoms with van der Waals surface area (Å²) in [6.45, 7) is 0. The molecule has 5 heavy (non-hydrogen) atoms. The van der Waals surface area contributed by atoms with E-state index < -0.39 is 7.32 Å². The first-order chi connectivity index (χ1) is 1.73. The molecule has 5 heteroatoms. The molecule has 0 aromatic rings. The van der Waals surface area contributed by atoms with Gasteiger partial charge in [0, 0.05) is 0 Å². The van der Waals surface area contributed by atoms with Crippen LogP contribution in [-0.4, -0.2) is 7.32 Å². The maximum Gasteiger partial charge on any atom is 1.00 e. The Morgan fingerprint density at radius 2 is 1.20 bits per heavy atom. The van der Waals surface area contributed by atoms with Crippen LogP contribution in [0.3, 0.4) is 0 Å². The zero-order valence-corrected chi connectivity index (χ0v) is 4.80. The molecule has 0 fully saturated rings. The van der Waals surface area contributed by atoms with E-state index in [-0.39, 0.29) is 32.4 Å². The molecule has 0 atom stereocenters. The molecule has 0 rings (SSSR count). The molecule has 0 aliphatic carbocycles. The van der Waals surface area contributed by atoms with Crippen molar-refractivity contribution < 1.29 is 47.5 Å². The van der Waals surface area contributed by atoms with Gasteiger partial charge in [0.2, 0.25) is 0 Å². The van der Waals surface area contributed by atoms with Crippen LogP contribution in [0.15, 0.2) is 0 Å². The fraction of sp³-hybridized carbons (Fsp3) is 0. The van der Waals surface area contributed by atoms with Crippen molar-refractivity contribution in [2.75, 3.05) is 0 Å². The minimum atomic E-state index is -2.92. The molecule has 0 aromatic carbocycles. The molecule has 24 valence electrons. The van der Waals surface area contributed by atoms with Crippen molar-refractivity contribution >= 4 is 7.32 Å². The van der Waals surface area contributed by atoms with Gasteiger partial charge in [0.05, 0.1) is 0 Å². The second-order valence-corrected chi connectivity index (χ2v) is 0.289. The van der Waals surface area contributed by atoms with E-state index in [1.54, 1.807) is 0 Å². The van der Waals surface area contributed by atoms with Crippen molar-refractivity contribution in [1.82, 2.24) is 0 Å². The first kappa shape index (κ1) is 9.34. The zero-order valence-electron chi connectivity index (χ0n) is 4.80. The SMILES string of the molecule is [H+].[H+].[Na+].[O-]B([O-])[O-]. The van der Waals surface area contributed by atoms with Gasteiger partial charge >= 0.3 is 32.4 Å². The van der Waals surface area contributed by atoms with Crippen LogP contribution < -0.4 is 44.6 Å². The minimum Gasteiger partial charge on any atom is -0.907 e. The van der Waals surface area contributed by atoms with E-state index in [4.69, 9.17) is 15.1 Å². The number of hydrogen-bond donors (Lipinski definition) is 0. The summed E-state index contributed by atoms with van der Waals surface area (Å²) in [7, 11) is -2.92. The molecule has 0 N–H and O–H groups in total. The quantitative estimate of drug-likeness (QED) is 0.274. The molecule has 0 unspecified atom stereocenters. The topological polar surface area (TPSA) is 69.2 Å². The molecule has 0 amide bonds. The van der Waals surface area contributed by atoms with E-state index >= 15 is 0 Å². The van der Waals surface area contributed by atoms with E-state index in [0.29, 0.717) is 0 Å². The standard InChI is InChI=1S/BO3.Na/c2-1(3)4;/q-3;+1/p+2. The summed E-state index contributed by atoms with van der Waals surface area (Å²) in [5.74, 6) is 0. The monoisotopic (exact) mass is 84.0 g/mol. The Labute approximate surface area is 55.1 Å². The van der Waals surface area contributed by atoms with E-state index in [0.717, 1.165) is 0 Å². The van der Waals surface area contributed by atoms with Gasteiger partial charge in [-0.05, 0) is 0 Å². The molecule has 0 aromatic heterocycles. The Kier molecular flexibility index (Phi) is 9.24. The van der Waals surface area contributed by atoms with Crippen LogP contribution in [0.25, 0.3) is 0 Å².